The SMILES string of the molecule is Cc1nn(C)c(COc2ccccc2[C@H](C)O)c1Br. The highest BCUT2D eigenvalue weighted by atomic mass is 79.9. The van der Waals surface area contributed by atoms with Crippen molar-refractivity contribution in [3.8, 4) is 5.75 Å². The van der Waals surface area contributed by atoms with Crippen LogP contribution in [0, 0.1) is 6.92 Å². The fraction of sp³-hybridized carbons (Fsp3) is 0.357. The van der Waals surface area contributed by atoms with Crippen molar-refractivity contribution in [2.45, 2.75) is 26.6 Å². The van der Waals surface area contributed by atoms with Crippen LogP contribution < -0.4 is 4.74 Å². The van der Waals surface area contributed by atoms with Crippen molar-refractivity contribution in [3.05, 3.63) is 45.7 Å². The fourth-order valence-corrected chi connectivity index (χ4v) is 2.39. The normalized spacial score (nSPS) is 12.5. The number of benzene rings is 1. The number of aromatic nitrogens is 2. The number of aryl methyl sites for hydroxylation is 2. The maximum Gasteiger partial charge on any atom is 0.131 e. The Bertz CT molecular complexity index is 579. The Morgan fingerprint density at radius 1 is 1.42 bits per heavy atom. The van der Waals surface area contributed by atoms with Crippen molar-refractivity contribution in [3.63, 3.8) is 0 Å². The molecular weight excluding hydrogens is 308 g/mol. The molecule has 0 unspecified atom stereocenters. The van der Waals surface area contributed by atoms with Gasteiger partial charge in [0.1, 0.15) is 12.4 Å². The van der Waals surface area contributed by atoms with Gasteiger partial charge < -0.3 is 9.84 Å². The molecule has 0 fully saturated rings. The van der Waals surface area contributed by atoms with E-state index in [1.165, 1.54) is 0 Å². The minimum atomic E-state index is -0.548. The molecule has 1 heterocycles. The van der Waals surface area contributed by atoms with E-state index in [4.69, 9.17) is 4.74 Å². The Labute approximate surface area is 121 Å². The topological polar surface area (TPSA) is 47.3 Å². The minimum Gasteiger partial charge on any atom is -0.487 e. The highest BCUT2D eigenvalue weighted by Crippen LogP contribution is 2.27. The molecule has 0 aliphatic heterocycles. The number of hydrogen-bond acceptors (Lipinski definition) is 3. The number of halogens is 1. The lowest BCUT2D eigenvalue weighted by Crippen LogP contribution is -2.05. The molecule has 0 radical (unpaired) electrons. The zero-order chi connectivity index (χ0) is 14.0. The molecule has 2 aromatic rings. The van der Waals surface area contributed by atoms with Crippen molar-refractivity contribution in [1.29, 1.82) is 0 Å². The first kappa shape index (κ1) is 14.1. The van der Waals surface area contributed by atoms with Crippen molar-refractivity contribution in [2.75, 3.05) is 0 Å². The summed E-state index contributed by atoms with van der Waals surface area (Å²) < 4.78 is 8.57. The first-order valence-corrected chi connectivity index (χ1v) is 6.87. The number of rotatable bonds is 4. The van der Waals surface area contributed by atoms with Gasteiger partial charge in [-0.25, -0.2) is 0 Å². The van der Waals surface area contributed by atoms with Gasteiger partial charge in [0, 0.05) is 12.6 Å². The Hall–Kier alpha value is -1.33. The maximum atomic E-state index is 9.71. The lowest BCUT2D eigenvalue weighted by atomic mass is 10.1. The van der Waals surface area contributed by atoms with Crippen molar-refractivity contribution in [1.82, 2.24) is 9.78 Å². The van der Waals surface area contributed by atoms with Crippen LogP contribution in [0.5, 0.6) is 5.75 Å². The summed E-state index contributed by atoms with van der Waals surface area (Å²) in [5.41, 5.74) is 2.69. The summed E-state index contributed by atoms with van der Waals surface area (Å²) in [6, 6.07) is 7.51. The largest absolute Gasteiger partial charge is 0.487 e. The molecule has 1 aromatic carbocycles. The quantitative estimate of drug-likeness (QED) is 0.939. The number of hydrogen-bond donors (Lipinski definition) is 1. The van der Waals surface area contributed by atoms with Gasteiger partial charge in [0.2, 0.25) is 0 Å². The van der Waals surface area contributed by atoms with E-state index in [1.807, 2.05) is 38.2 Å². The van der Waals surface area contributed by atoms with Gasteiger partial charge in [-0.1, -0.05) is 18.2 Å². The number of para-hydroxylation sites is 1. The third-order valence-corrected chi connectivity index (χ3v) is 4.03. The standard InChI is InChI=1S/C14H17BrN2O2/c1-9-14(15)12(17(3)16-9)8-19-13-7-5-4-6-11(13)10(2)18/h4-7,10,18H,8H2,1-3H3/t10-/m0/s1. The van der Waals surface area contributed by atoms with Gasteiger partial charge in [-0.2, -0.15) is 5.10 Å². The van der Waals surface area contributed by atoms with Crippen LogP contribution in [0.1, 0.15) is 30.0 Å². The van der Waals surface area contributed by atoms with E-state index in [1.54, 1.807) is 11.6 Å². The van der Waals surface area contributed by atoms with Gasteiger partial charge in [-0.3, -0.25) is 4.68 Å². The predicted molar refractivity (Wildman–Crippen MR) is 77.1 cm³/mol. The highest BCUT2D eigenvalue weighted by molar-refractivity contribution is 9.10. The van der Waals surface area contributed by atoms with Gasteiger partial charge in [0.25, 0.3) is 0 Å². The zero-order valence-electron chi connectivity index (χ0n) is 11.2. The molecule has 0 bridgehead atoms. The minimum absolute atomic E-state index is 0.404. The second kappa shape index (κ2) is 5.75. The molecule has 1 atom stereocenters. The molecule has 0 spiro atoms. The van der Waals surface area contributed by atoms with E-state index < -0.39 is 6.10 Å². The molecule has 102 valence electrons. The molecule has 19 heavy (non-hydrogen) atoms. The van der Waals surface area contributed by atoms with Gasteiger partial charge in [-0.15, -0.1) is 0 Å². The molecule has 0 saturated heterocycles. The molecule has 0 saturated carbocycles. The van der Waals surface area contributed by atoms with Crippen molar-refractivity contribution >= 4 is 15.9 Å². The molecule has 5 heteroatoms. The number of ether oxygens (including phenoxy) is 1. The zero-order valence-corrected chi connectivity index (χ0v) is 12.8. The summed E-state index contributed by atoms with van der Waals surface area (Å²) in [6.45, 7) is 4.07. The average Bonchev–Trinajstić information content (AvgIpc) is 2.61. The van der Waals surface area contributed by atoms with Crippen LogP contribution in [0.3, 0.4) is 0 Å². The van der Waals surface area contributed by atoms with Crippen LogP contribution in [0.25, 0.3) is 0 Å². The predicted octanol–water partition coefficient (Wildman–Crippen LogP) is 3.12. The van der Waals surface area contributed by atoms with Crippen LogP contribution in [0.4, 0.5) is 0 Å². The van der Waals surface area contributed by atoms with E-state index >= 15 is 0 Å². The molecule has 1 aromatic heterocycles. The molecular formula is C14H17BrN2O2. The number of aliphatic hydroxyl groups excluding tert-OH is 1. The fourth-order valence-electron chi connectivity index (χ4n) is 1.94. The summed E-state index contributed by atoms with van der Waals surface area (Å²) in [4.78, 5) is 0. The summed E-state index contributed by atoms with van der Waals surface area (Å²) >= 11 is 3.51. The number of nitrogens with zero attached hydrogens (tertiary/aromatic N) is 2. The van der Waals surface area contributed by atoms with E-state index in [9.17, 15) is 5.11 Å². The summed E-state index contributed by atoms with van der Waals surface area (Å²) in [5, 5.41) is 14.0. The van der Waals surface area contributed by atoms with E-state index in [0.29, 0.717) is 12.4 Å². The number of aliphatic hydroxyl groups is 1. The van der Waals surface area contributed by atoms with Gasteiger partial charge in [-0.05, 0) is 35.8 Å². The molecule has 0 aliphatic carbocycles. The van der Waals surface area contributed by atoms with Crippen LogP contribution in [0.2, 0.25) is 0 Å². The van der Waals surface area contributed by atoms with E-state index in [0.717, 1.165) is 21.4 Å². The Morgan fingerprint density at radius 3 is 2.68 bits per heavy atom. The summed E-state index contributed by atoms with van der Waals surface area (Å²) in [6.07, 6.45) is -0.548. The monoisotopic (exact) mass is 324 g/mol. The molecule has 0 aliphatic rings. The Balaban J connectivity index is 2.19. The second-order valence-corrected chi connectivity index (χ2v) is 5.27. The van der Waals surface area contributed by atoms with Crippen molar-refractivity contribution in [2.24, 2.45) is 7.05 Å². The molecule has 2 rings (SSSR count). The highest BCUT2D eigenvalue weighted by Gasteiger charge is 2.13. The van der Waals surface area contributed by atoms with E-state index in [-0.39, 0.29) is 0 Å². The Morgan fingerprint density at radius 2 is 2.11 bits per heavy atom. The Kier molecular flexibility index (Phi) is 4.27. The molecule has 1 N–H and O–H groups in total. The first-order valence-electron chi connectivity index (χ1n) is 6.08. The second-order valence-electron chi connectivity index (χ2n) is 4.47. The third-order valence-electron chi connectivity index (χ3n) is 3.00. The van der Waals surface area contributed by atoms with Crippen LogP contribution in [0.15, 0.2) is 28.7 Å². The van der Waals surface area contributed by atoms with Crippen LogP contribution in [-0.2, 0) is 13.7 Å². The maximum absolute atomic E-state index is 9.71. The summed E-state index contributed by atoms with van der Waals surface area (Å²) in [5.74, 6) is 0.697. The molecule has 4 nitrogen and oxygen atoms in total. The molecule has 0 amide bonds. The average molecular weight is 325 g/mol. The van der Waals surface area contributed by atoms with Crippen LogP contribution >= 0.6 is 15.9 Å². The van der Waals surface area contributed by atoms with Gasteiger partial charge >= 0.3 is 0 Å². The van der Waals surface area contributed by atoms with E-state index in [2.05, 4.69) is 21.0 Å². The lowest BCUT2D eigenvalue weighted by molar-refractivity contribution is 0.189. The van der Waals surface area contributed by atoms with Gasteiger partial charge in [0.15, 0.2) is 0 Å². The van der Waals surface area contributed by atoms with Gasteiger partial charge in [0.05, 0.1) is 22.0 Å². The first-order chi connectivity index (χ1) is 9.00. The van der Waals surface area contributed by atoms with Crippen molar-refractivity contribution < 1.29 is 9.84 Å². The smallest absolute Gasteiger partial charge is 0.131 e. The third kappa shape index (κ3) is 2.98. The summed E-state index contributed by atoms with van der Waals surface area (Å²) in [7, 11) is 1.89. The van der Waals surface area contributed by atoms with Crippen LogP contribution in [-0.4, -0.2) is 14.9 Å². The lowest BCUT2D eigenvalue weighted by Gasteiger charge is -2.13.